The Hall–Kier alpha value is -0.820. The van der Waals surface area contributed by atoms with Gasteiger partial charge in [0.2, 0.25) is 0 Å². The van der Waals surface area contributed by atoms with Gasteiger partial charge in [-0.3, -0.25) is 0 Å². The highest BCUT2D eigenvalue weighted by molar-refractivity contribution is 7.91. The van der Waals surface area contributed by atoms with Crippen LogP contribution in [0.4, 0.5) is 4.79 Å². The Morgan fingerprint density at radius 3 is 2.29 bits per heavy atom. The summed E-state index contributed by atoms with van der Waals surface area (Å²) in [5.41, 5.74) is 0. The summed E-state index contributed by atoms with van der Waals surface area (Å²) >= 11 is 0. The highest BCUT2D eigenvalue weighted by Crippen LogP contribution is 2.17. The molecular formula is C10H19N3O3S. The minimum absolute atomic E-state index is 0.0797. The van der Waals surface area contributed by atoms with E-state index in [-0.39, 0.29) is 23.5 Å². The van der Waals surface area contributed by atoms with Gasteiger partial charge in [-0.25, -0.2) is 13.2 Å². The Balaban J connectivity index is 1.59. The van der Waals surface area contributed by atoms with Crippen LogP contribution < -0.4 is 16.0 Å². The maximum Gasteiger partial charge on any atom is 0.314 e. The molecular weight excluding hydrogens is 242 g/mol. The van der Waals surface area contributed by atoms with Crippen LogP contribution >= 0.6 is 0 Å². The van der Waals surface area contributed by atoms with Gasteiger partial charge in [0.25, 0.3) is 0 Å². The van der Waals surface area contributed by atoms with Crippen molar-refractivity contribution >= 4 is 15.9 Å². The molecule has 0 saturated carbocycles. The largest absolute Gasteiger partial charge is 0.338 e. The van der Waals surface area contributed by atoms with Crippen LogP contribution in [0.25, 0.3) is 0 Å². The molecule has 3 N–H and O–H groups in total. The lowest BCUT2D eigenvalue weighted by Crippen LogP contribution is -2.50. The molecule has 0 aromatic rings. The zero-order valence-electron chi connectivity index (χ0n) is 9.74. The SMILES string of the molecule is O=C(NCC1CNC1)NCC1CCS(=O)(=O)C1. The maximum atomic E-state index is 11.4. The van der Waals surface area contributed by atoms with Crippen LogP contribution in [-0.2, 0) is 9.84 Å². The summed E-state index contributed by atoms with van der Waals surface area (Å²) in [6.45, 7) is 3.05. The van der Waals surface area contributed by atoms with Crippen LogP contribution in [-0.4, -0.2) is 52.1 Å². The standard InChI is InChI=1S/C10H19N3O3S/c14-10(13-6-9-3-11-4-9)12-5-8-1-2-17(15,16)7-8/h8-9,11H,1-7H2,(H2,12,13,14). The monoisotopic (exact) mass is 261 g/mol. The number of nitrogens with one attached hydrogen (secondary N) is 3. The average molecular weight is 261 g/mol. The van der Waals surface area contributed by atoms with E-state index < -0.39 is 9.84 Å². The van der Waals surface area contributed by atoms with E-state index in [1.165, 1.54) is 0 Å². The van der Waals surface area contributed by atoms with Gasteiger partial charge in [0.05, 0.1) is 11.5 Å². The van der Waals surface area contributed by atoms with Gasteiger partial charge in [0, 0.05) is 32.1 Å². The zero-order valence-corrected chi connectivity index (χ0v) is 10.6. The third kappa shape index (κ3) is 3.85. The lowest BCUT2D eigenvalue weighted by molar-refractivity contribution is 0.234. The molecule has 0 aromatic carbocycles. The topological polar surface area (TPSA) is 87.3 Å². The number of carbonyl (C=O) groups excluding carboxylic acids is 1. The van der Waals surface area contributed by atoms with Crippen LogP contribution in [0.2, 0.25) is 0 Å². The Morgan fingerprint density at radius 2 is 1.82 bits per heavy atom. The lowest BCUT2D eigenvalue weighted by Gasteiger charge is -2.27. The first kappa shape index (κ1) is 12.6. The van der Waals surface area contributed by atoms with Crippen LogP contribution in [0.5, 0.6) is 0 Å². The van der Waals surface area contributed by atoms with Gasteiger partial charge >= 0.3 is 6.03 Å². The lowest BCUT2D eigenvalue weighted by atomic mass is 10.0. The summed E-state index contributed by atoms with van der Waals surface area (Å²) in [6, 6.07) is -0.193. The molecule has 2 heterocycles. The first-order valence-corrected chi connectivity index (χ1v) is 7.80. The summed E-state index contributed by atoms with van der Waals surface area (Å²) in [7, 11) is -2.84. The highest BCUT2D eigenvalue weighted by Gasteiger charge is 2.27. The molecule has 0 aliphatic carbocycles. The van der Waals surface area contributed by atoms with Crippen molar-refractivity contribution < 1.29 is 13.2 Å². The fraction of sp³-hybridized carbons (Fsp3) is 0.900. The third-order valence-electron chi connectivity index (χ3n) is 3.30. The number of hydrogen-bond acceptors (Lipinski definition) is 4. The van der Waals surface area contributed by atoms with E-state index in [1.807, 2.05) is 0 Å². The van der Waals surface area contributed by atoms with E-state index in [4.69, 9.17) is 0 Å². The summed E-state index contributed by atoms with van der Waals surface area (Å²) in [5, 5.41) is 8.65. The summed E-state index contributed by atoms with van der Waals surface area (Å²) in [6.07, 6.45) is 0.662. The molecule has 1 atom stereocenters. The van der Waals surface area contributed by atoms with Crippen molar-refractivity contribution in [1.82, 2.24) is 16.0 Å². The molecule has 2 rings (SSSR count). The Morgan fingerprint density at radius 1 is 1.18 bits per heavy atom. The van der Waals surface area contributed by atoms with E-state index in [1.54, 1.807) is 0 Å². The quantitative estimate of drug-likeness (QED) is 0.602. The molecule has 2 amide bonds. The van der Waals surface area contributed by atoms with Crippen molar-refractivity contribution in [1.29, 1.82) is 0 Å². The van der Waals surface area contributed by atoms with E-state index in [0.29, 0.717) is 25.4 Å². The highest BCUT2D eigenvalue weighted by atomic mass is 32.2. The fourth-order valence-electron chi connectivity index (χ4n) is 2.06. The first-order valence-electron chi connectivity index (χ1n) is 5.98. The summed E-state index contributed by atoms with van der Waals surface area (Å²) < 4.78 is 22.4. The molecule has 2 aliphatic heterocycles. The first-order chi connectivity index (χ1) is 8.05. The number of amides is 2. The number of carbonyl (C=O) groups is 1. The predicted octanol–water partition coefficient (Wildman–Crippen LogP) is -1.06. The second-order valence-corrected chi connectivity index (χ2v) is 7.11. The molecule has 6 nitrogen and oxygen atoms in total. The zero-order chi connectivity index (χ0) is 12.3. The van der Waals surface area contributed by atoms with Gasteiger partial charge in [-0.1, -0.05) is 0 Å². The van der Waals surface area contributed by atoms with Crippen molar-refractivity contribution in [2.45, 2.75) is 6.42 Å². The second kappa shape index (κ2) is 5.22. The molecule has 1 unspecified atom stereocenters. The van der Waals surface area contributed by atoms with E-state index in [9.17, 15) is 13.2 Å². The molecule has 2 aliphatic rings. The second-order valence-electron chi connectivity index (χ2n) is 4.88. The Kier molecular flexibility index (Phi) is 3.88. The van der Waals surface area contributed by atoms with Crippen molar-refractivity contribution in [2.75, 3.05) is 37.7 Å². The number of urea groups is 1. The maximum absolute atomic E-state index is 11.4. The van der Waals surface area contributed by atoms with Crippen molar-refractivity contribution in [3.8, 4) is 0 Å². The van der Waals surface area contributed by atoms with Crippen LogP contribution in [0.15, 0.2) is 0 Å². The molecule has 0 radical (unpaired) electrons. The Labute approximate surface area is 101 Å². The van der Waals surface area contributed by atoms with Crippen molar-refractivity contribution in [3.63, 3.8) is 0 Å². The smallest absolute Gasteiger partial charge is 0.314 e. The van der Waals surface area contributed by atoms with E-state index in [2.05, 4.69) is 16.0 Å². The minimum Gasteiger partial charge on any atom is -0.338 e. The summed E-state index contributed by atoms with van der Waals surface area (Å²) in [5.74, 6) is 1.08. The van der Waals surface area contributed by atoms with Gasteiger partial charge in [-0.15, -0.1) is 0 Å². The van der Waals surface area contributed by atoms with Gasteiger partial charge < -0.3 is 16.0 Å². The van der Waals surface area contributed by atoms with Gasteiger partial charge in [-0.05, 0) is 12.3 Å². The molecule has 2 fully saturated rings. The molecule has 98 valence electrons. The summed E-state index contributed by atoms with van der Waals surface area (Å²) in [4.78, 5) is 11.4. The third-order valence-corrected chi connectivity index (χ3v) is 5.13. The van der Waals surface area contributed by atoms with E-state index >= 15 is 0 Å². The Bertz CT molecular complexity index is 378. The van der Waals surface area contributed by atoms with Gasteiger partial charge in [0.1, 0.15) is 0 Å². The predicted molar refractivity (Wildman–Crippen MR) is 64.5 cm³/mol. The molecule has 0 spiro atoms. The van der Waals surface area contributed by atoms with Crippen LogP contribution in [0.3, 0.4) is 0 Å². The minimum atomic E-state index is -2.84. The van der Waals surface area contributed by atoms with Crippen molar-refractivity contribution in [2.24, 2.45) is 11.8 Å². The molecule has 0 bridgehead atoms. The molecule has 2 saturated heterocycles. The fourth-order valence-corrected chi connectivity index (χ4v) is 3.92. The molecule has 17 heavy (non-hydrogen) atoms. The number of rotatable bonds is 4. The van der Waals surface area contributed by atoms with Crippen LogP contribution in [0, 0.1) is 11.8 Å². The molecule has 7 heteroatoms. The molecule has 0 aromatic heterocycles. The number of hydrogen-bond donors (Lipinski definition) is 3. The van der Waals surface area contributed by atoms with Gasteiger partial charge in [0.15, 0.2) is 9.84 Å². The van der Waals surface area contributed by atoms with Gasteiger partial charge in [-0.2, -0.15) is 0 Å². The average Bonchev–Trinajstić information content (AvgIpc) is 2.53. The number of sulfone groups is 1. The van der Waals surface area contributed by atoms with E-state index in [0.717, 1.165) is 13.1 Å². The van der Waals surface area contributed by atoms with Crippen molar-refractivity contribution in [3.05, 3.63) is 0 Å². The van der Waals surface area contributed by atoms with Crippen LogP contribution in [0.1, 0.15) is 6.42 Å². The normalized spacial score (nSPS) is 27.4.